The minimum absolute atomic E-state index is 0.273. The van der Waals surface area contributed by atoms with Crippen LogP contribution in [0.15, 0.2) is 0 Å². The van der Waals surface area contributed by atoms with Gasteiger partial charge in [-0.15, -0.1) is 6.42 Å². The van der Waals surface area contributed by atoms with Crippen molar-refractivity contribution in [2.24, 2.45) is 11.7 Å². The number of nitrogens with two attached hydrogens (primary N) is 1. The molecule has 1 atom stereocenters. The van der Waals surface area contributed by atoms with Gasteiger partial charge in [-0.25, -0.2) is 0 Å². The second-order valence-corrected chi connectivity index (χ2v) is 5.48. The van der Waals surface area contributed by atoms with Gasteiger partial charge in [0.15, 0.2) is 0 Å². The molecule has 0 saturated heterocycles. The van der Waals surface area contributed by atoms with Gasteiger partial charge in [0.05, 0.1) is 18.8 Å². The maximum absolute atomic E-state index is 5.91. The number of hydrogen-bond donors (Lipinski definition) is 1. The molecule has 2 N–H and O–H groups in total. The Hall–Kier alpha value is -0.560. The van der Waals surface area contributed by atoms with E-state index in [-0.39, 0.29) is 6.04 Å². The van der Waals surface area contributed by atoms with Gasteiger partial charge in [0.2, 0.25) is 0 Å². The highest BCUT2D eigenvalue weighted by molar-refractivity contribution is 4.96. The van der Waals surface area contributed by atoms with Crippen LogP contribution in [0.1, 0.15) is 51.9 Å². The van der Waals surface area contributed by atoms with E-state index in [1.54, 1.807) is 0 Å². The first-order valence-corrected chi connectivity index (χ1v) is 7.67. The summed E-state index contributed by atoms with van der Waals surface area (Å²) in [5.74, 6) is 3.38. The molecule has 1 unspecified atom stereocenters. The third-order valence-electron chi connectivity index (χ3n) is 3.92. The molecule has 0 heterocycles. The number of hydrogen-bond acceptors (Lipinski definition) is 3. The van der Waals surface area contributed by atoms with E-state index in [0.29, 0.717) is 12.7 Å². The van der Waals surface area contributed by atoms with Crippen molar-refractivity contribution < 1.29 is 9.47 Å². The van der Waals surface area contributed by atoms with Crippen LogP contribution in [0.3, 0.4) is 0 Å². The van der Waals surface area contributed by atoms with Crippen LogP contribution in [0.25, 0.3) is 0 Å². The van der Waals surface area contributed by atoms with Gasteiger partial charge in [0.1, 0.15) is 0 Å². The van der Waals surface area contributed by atoms with Crippen molar-refractivity contribution in [3.8, 4) is 12.3 Å². The van der Waals surface area contributed by atoms with E-state index in [0.717, 1.165) is 32.0 Å². The zero-order valence-corrected chi connectivity index (χ0v) is 12.3. The number of ether oxygens (including phenoxy) is 2. The average molecular weight is 267 g/mol. The van der Waals surface area contributed by atoms with Crippen LogP contribution in [0.4, 0.5) is 0 Å². The summed E-state index contributed by atoms with van der Waals surface area (Å²) in [5, 5.41) is 0. The van der Waals surface area contributed by atoms with Gasteiger partial charge in [-0.3, -0.25) is 0 Å². The molecule has 3 heteroatoms. The van der Waals surface area contributed by atoms with Gasteiger partial charge < -0.3 is 15.2 Å². The molecule has 0 radical (unpaired) electrons. The molecule has 0 aromatic carbocycles. The van der Waals surface area contributed by atoms with Crippen molar-refractivity contribution in [2.45, 2.75) is 64.0 Å². The van der Waals surface area contributed by atoms with Crippen LogP contribution in [0.2, 0.25) is 0 Å². The summed E-state index contributed by atoms with van der Waals surface area (Å²) in [6.45, 7) is 4.32. The van der Waals surface area contributed by atoms with Crippen LogP contribution in [0.5, 0.6) is 0 Å². The molecule has 0 bridgehead atoms. The zero-order valence-electron chi connectivity index (χ0n) is 12.3. The highest BCUT2D eigenvalue weighted by Gasteiger charge is 2.19. The minimum Gasteiger partial charge on any atom is -0.379 e. The SMILES string of the molecule is C#CC(N)COCCCCOC1CCC(CC)CC1. The highest BCUT2D eigenvalue weighted by atomic mass is 16.5. The fourth-order valence-corrected chi connectivity index (χ4v) is 2.52. The molecule has 1 aliphatic carbocycles. The molecule has 0 aromatic rings. The lowest BCUT2D eigenvalue weighted by atomic mass is 9.86. The maximum atomic E-state index is 5.91. The molecule has 1 rings (SSSR count). The Bertz CT molecular complexity index is 254. The topological polar surface area (TPSA) is 44.5 Å². The first kappa shape index (κ1) is 16.5. The summed E-state index contributed by atoms with van der Waals surface area (Å²) < 4.78 is 11.3. The van der Waals surface area contributed by atoms with Gasteiger partial charge in [0, 0.05) is 13.2 Å². The van der Waals surface area contributed by atoms with Crippen molar-refractivity contribution in [2.75, 3.05) is 19.8 Å². The molecule has 0 amide bonds. The van der Waals surface area contributed by atoms with Crippen LogP contribution < -0.4 is 5.73 Å². The molecule has 0 spiro atoms. The highest BCUT2D eigenvalue weighted by Crippen LogP contribution is 2.28. The Morgan fingerprint density at radius 2 is 1.89 bits per heavy atom. The van der Waals surface area contributed by atoms with E-state index in [4.69, 9.17) is 21.6 Å². The molecule has 0 aromatic heterocycles. The molecular weight excluding hydrogens is 238 g/mol. The third-order valence-corrected chi connectivity index (χ3v) is 3.92. The first-order valence-electron chi connectivity index (χ1n) is 7.67. The Morgan fingerprint density at radius 3 is 2.53 bits per heavy atom. The van der Waals surface area contributed by atoms with E-state index >= 15 is 0 Å². The predicted molar refractivity (Wildman–Crippen MR) is 78.9 cm³/mol. The monoisotopic (exact) mass is 267 g/mol. The van der Waals surface area contributed by atoms with E-state index in [1.165, 1.54) is 32.1 Å². The summed E-state index contributed by atoms with van der Waals surface area (Å²) in [5.41, 5.74) is 5.55. The van der Waals surface area contributed by atoms with Gasteiger partial charge >= 0.3 is 0 Å². The zero-order chi connectivity index (χ0) is 13.9. The summed E-state index contributed by atoms with van der Waals surface area (Å²) >= 11 is 0. The van der Waals surface area contributed by atoms with E-state index < -0.39 is 0 Å². The fraction of sp³-hybridized carbons (Fsp3) is 0.875. The summed E-state index contributed by atoms with van der Waals surface area (Å²) in [6, 6.07) is -0.273. The minimum atomic E-state index is -0.273. The Labute approximate surface area is 118 Å². The summed E-state index contributed by atoms with van der Waals surface area (Å²) in [4.78, 5) is 0. The van der Waals surface area contributed by atoms with E-state index in [2.05, 4.69) is 12.8 Å². The van der Waals surface area contributed by atoms with E-state index in [1.807, 2.05) is 0 Å². The lowest BCUT2D eigenvalue weighted by Gasteiger charge is -2.27. The van der Waals surface area contributed by atoms with Gasteiger partial charge in [-0.05, 0) is 44.4 Å². The van der Waals surface area contributed by atoms with Crippen LogP contribution >= 0.6 is 0 Å². The number of terminal acetylenes is 1. The maximum Gasteiger partial charge on any atom is 0.0899 e. The molecule has 3 nitrogen and oxygen atoms in total. The van der Waals surface area contributed by atoms with Crippen LogP contribution in [-0.4, -0.2) is 32.0 Å². The molecule has 0 aliphatic heterocycles. The first-order chi connectivity index (χ1) is 9.26. The van der Waals surface area contributed by atoms with Crippen molar-refractivity contribution in [3.63, 3.8) is 0 Å². The standard InChI is InChI=1S/C16H29NO2/c1-3-14-7-9-16(10-8-14)19-12-6-5-11-18-13-15(17)4-2/h2,14-16H,3,5-13,17H2,1H3. The van der Waals surface area contributed by atoms with Gasteiger partial charge in [-0.1, -0.05) is 19.3 Å². The molecular formula is C16H29NO2. The Balaban J connectivity index is 1.88. The number of unbranched alkanes of at least 4 members (excludes halogenated alkanes) is 1. The summed E-state index contributed by atoms with van der Waals surface area (Å²) in [7, 11) is 0. The van der Waals surface area contributed by atoms with Crippen molar-refractivity contribution in [3.05, 3.63) is 0 Å². The quantitative estimate of drug-likeness (QED) is 0.516. The smallest absolute Gasteiger partial charge is 0.0899 e. The Morgan fingerprint density at radius 1 is 1.21 bits per heavy atom. The van der Waals surface area contributed by atoms with Crippen molar-refractivity contribution in [1.29, 1.82) is 0 Å². The predicted octanol–water partition coefficient (Wildman–Crippen LogP) is 2.73. The van der Waals surface area contributed by atoms with Crippen LogP contribution in [0, 0.1) is 18.3 Å². The van der Waals surface area contributed by atoms with Crippen molar-refractivity contribution >= 4 is 0 Å². The third kappa shape index (κ3) is 7.57. The van der Waals surface area contributed by atoms with Crippen molar-refractivity contribution in [1.82, 2.24) is 0 Å². The molecule has 110 valence electrons. The molecule has 1 aliphatic rings. The van der Waals surface area contributed by atoms with Crippen LogP contribution in [-0.2, 0) is 9.47 Å². The second kappa shape index (κ2) is 10.3. The fourth-order valence-electron chi connectivity index (χ4n) is 2.52. The summed E-state index contributed by atoms with van der Waals surface area (Å²) in [6.07, 6.45) is 14.2. The molecule has 1 fully saturated rings. The Kier molecular flexibility index (Phi) is 8.90. The lowest BCUT2D eigenvalue weighted by Crippen LogP contribution is -2.24. The largest absolute Gasteiger partial charge is 0.379 e. The van der Waals surface area contributed by atoms with Gasteiger partial charge in [0.25, 0.3) is 0 Å². The molecule has 19 heavy (non-hydrogen) atoms. The van der Waals surface area contributed by atoms with Gasteiger partial charge in [-0.2, -0.15) is 0 Å². The lowest BCUT2D eigenvalue weighted by molar-refractivity contribution is 0.0128. The van der Waals surface area contributed by atoms with E-state index in [9.17, 15) is 0 Å². The molecule has 1 saturated carbocycles. The second-order valence-electron chi connectivity index (χ2n) is 5.48. The number of rotatable bonds is 9. The normalized spacial score (nSPS) is 24.9. The average Bonchev–Trinajstić information content (AvgIpc) is 2.46.